The molecule has 35 heavy (non-hydrogen) atoms. The average molecular weight is 484 g/mol. The molecule has 2 amide bonds. The topological polar surface area (TPSA) is 131 Å². The summed E-state index contributed by atoms with van der Waals surface area (Å²) < 4.78 is 5.49. The van der Waals surface area contributed by atoms with Crippen molar-refractivity contribution in [2.24, 2.45) is 0 Å². The van der Waals surface area contributed by atoms with Gasteiger partial charge < -0.3 is 35.6 Å². The molecule has 2 aliphatic rings. The average Bonchev–Trinajstić information content (AvgIpc) is 2.80. The lowest BCUT2D eigenvalue weighted by atomic mass is 9.76. The maximum absolute atomic E-state index is 13.1. The van der Waals surface area contributed by atoms with Crippen LogP contribution in [0, 0.1) is 0 Å². The lowest BCUT2D eigenvalue weighted by Crippen LogP contribution is -2.56. The number of ether oxygens (including phenoxy) is 1. The lowest BCUT2D eigenvalue weighted by Gasteiger charge is -2.45. The van der Waals surface area contributed by atoms with Crippen molar-refractivity contribution in [3.63, 3.8) is 0 Å². The standard InChI is InChI=1S/C26H33N3O6/c1-25(2,9-10-29-23(33)16-7-5-6-8-18(16)26(3,4)24(29)34)27-13-20(31)17-11-15(30)12-19-22(17)35-14-21(32)28-19/h5-8,11-12,20,24,27,30-31,34H,9-10,13-14H2,1-4H3,(H,28,32). The Morgan fingerprint density at radius 2 is 1.97 bits per heavy atom. The largest absolute Gasteiger partial charge is 0.508 e. The zero-order chi connectivity index (χ0) is 25.5. The highest BCUT2D eigenvalue weighted by Crippen LogP contribution is 2.39. The van der Waals surface area contributed by atoms with E-state index in [1.165, 1.54) is 17.0 Å². The van der Waals surface area contributed by atoms with Crippen LogP contribution in [-0.4, -0.2) is 63.5 Å². The van der Waals surface area contributed by atoms with Crippen LogP contribution in [0.25, 0.3) is 0 Å². The van der Waals surface area contributed by atoms with Crippen molar-refractivity contribution < 1.29 is 29.6 Å². The summed E-state index contributed by atoms with van der Waals surface area (Å²) in [5.74, 6) is -0.294. The van der Waals surface area contributed by atoms with Gasteiger partial charge in [-0.25, -0.2) is 0 Å². The Morgan fingerprint density at radius 1 is 1.26 bits per heavy atom. The van der Waals surface area contributed by atoms with Crippen LogP contribution in [0.15, 0.2) is 36.4 Å². The zero-order valence-corrected chi connectivity index (χ0v) is 20.5. The number of aliphatic hydroxyl groups is 2. The van der Waals surface area contributed by atoms with Crippen molar-refractivity contribution >= 4 is 17.5 Å². The molecule has 2 aromatic carbocycles. The molecule has 0 saturated carbocycles. The van der Waals surface area contributed by atoms with E-state index >= 15 is 0 Å². The van der Waals surface area contributed by atoms with Crippen molar-refractivity contribution in [3.8, 4) is 11.5 Å². The van der Waals surface area contributed by atoms with Crippen LogP contribution in [0.3, 0.4) is 0 Å². The molecule has 9 nitrogen and oxygen atoms in total. The van der Waals surface area contributed by atoms with Crippen molar-refractivity contribution in [1.29, 1.82) is 0 Å². The Bertz CT molecular complexity index is 1150. The fraction of sp³-hybridized carbons (Fsp3) is 0.462. The first-order valence-corrected chi connectivity index (χ1v) is 11.7. The van der Waals surface area contributed by atoms with E-state index in [9.17, 15) is 24.9 Å². The van der Waals surface area contributed by atoms with Crippen LogP contribution in [-0.2, 0) is 10.2 Å². The minimum Gasteiger partial charge on any atom is -0.508 e. The third kappa shape index (κ3) is 4.84. The van der Waals surface area contributed by atoms with Gasteiger partial charge in [0.15, 0.2) is 6.61 Å². The predicted octanol–water partition coefficient (Wildman–Crippen LogP) is 2.27. The Kier molecular flexibility index (Phi) is 6.52. The summed E-state index contributed by atoms with van der Waals surface area (Å²) in [4.78, 5) is 26.2. The summed E-state index contributed by atoms with van der Waals surface area (Å²) in [5.41, 5.74) is 1.01. The quantitative estimate of drug-likeness (QED) is 0.408. The Labute approximate surface area is 204 Å². The predicted molar refractivity (Wildman–Crippen MR) is 130 cm³/mol. The Morgan fingerprint density at radius 3 is 2.71 bits per heavy atom. The minimum absolute atomic E-state index is 0.0941. The molecule has 2 aliphatic heterocycles. The number of carbonyl (C=O) groups excluding carboxylic acids is 2. The SMILES string of the molecule is CC(C)(CCN1C(=O)c2ccccc2C(C)(C)C1O)NCC(O)c1cc(O)cc2c1OCC(=O)N2. The number of hydrogen-bond acceptors (Lipinski definition) is 7. The molecule has 0 radical (unpaired) electrons. The molecule has 2 aromatic rings. The second-order valence-electron chi connectivity index (χ2n) is 10.4. The Hall–Kier alpha value is -3.14. The first-order chi connectivity index (χ1) is 16.4. The van der Waals surface area contributed by atoms with Crippen molar-refractivity contribution in [3.05, 3.63) is 53.1 Å². The number of fused-ring (bicyclic) bond motifs is 2. The fourth-order valence-electron chi connectivity index (χ4n) is 4.68. The lowest BCUT2D eigenvalue weighted by molar-refractivity contribution is -0.118. The van der Waals surface area contributed by atoms with E-state index < -0.39 is 23.3 Å². The van der Waals surface area contributed by atoms with E-state index in [0.717, 1.165) is 5.56 Å². The van der Waals surface area contributed by atoms with Crippen LogP contribution in [0.2, 0.25) is 0 Å². The van der Waals surface area contributed by atoms with E-state index in [4.69, 9.17) is 4.74 Å². The van der Waals surface area contributed by atoms with Crippen molar-refractivity contribution in [1.82, 2.24) is 10.2 Å². The van der Waals surface area contributed by atoms with Crippen LogP contribution in [0.1, 0.15) is 61.7 Å². The van der Waals surface area contributed by atoms with Gasteiger partial charge in [0, 0.05) is 41.2 Å². The first-order valence-electron chi connectivity index (χ1n) is 11.7. The molecule has 9 heteroatoms. The summed E-state index contributed by atoms with van der Waals surface area (Å²) in [7, 11) is 0. The van der Waals surface area contributed by atoms with Crippen LogP contribution < -0.4 is 15.4 Å². The van der Waals surface area contributed by atoms with Gasteiger partial charge in [-0.1, -0.05) is 32.0 Å². The molecular weight excluding hydrogens is 450 g/mol. The number of nitrogens with zero attached hydrogens (tertiary/aromatic N) is 1. The number of carbonyl (C=O) groups is 2. The van der Waals surface area contributed by atoms with Gasteiger partial charge in [0.25, 0.3) is 11.8 Å². The fourth-order valence-corrected chi connectivity index (χ4v) is 4.68. The maximum atomic E-state index is 13.1. The zero-order valence-electron chi connectivity index (χ0n) is 20.5. The molecule has 0 spiro atoms. The second-order valence-corrected chi connectivity index (χ2v) is 10.4. The molecule has 0 bridgehead atoms. The summed E-state index contributed by atoms with van der Waals surface area (Å²) in [6, 6.07) is 10.2. The van der Waals surface area contributed by atoms with E-state index in [2.05, 4.69) is 10.6 Å². The number of phenolic OH excluding ortho intramolecular Hbond substituents is 1. The van der Waals surface area contributed by atoms with Crippen molar-refractivity contribution in [2.75, 3.05) is 25.0 Å². The first kappa shape index (κ1) is 25.0. The third-order valence-electron chi connectivity index (χ3n) is 6.89. The van der Waals surface area contributed by atoms with E-state index in [1.54, 1.807) is 6.07 Å². The molecule has 5 N–H and O–H groups in total. The third-order valence-corrected chi connectivity index (χ3v) is 6.89. The van der Waals surface area contributed by atoms with Gasteiger partial charge in [0.1, 0.15) is 17.7 Å². The number of β-amino-alcohol motifs (C(OH)–C–C–N with tert-alkyl or cyclic N) is 1. The van der Waals surface area contributed by atoms with Gasteiger partial charge in [-0.2, -0.15) is 0 Å². The van der Waals surface area contributed by atoms with Crippen LogP contribution in [0.5, 0.6) is 11.5 Å². The number of anilines is 1. The molecule has 2 heterocycles. The van der Waals surface area contributed by atoms with E-state index in [1.807, 2.05) is 45.9 Å². The smallest absolute Gasteiger partial charge is 0.262 e. The van der Waals surface area contributed by atoms with Gasteiger partial charge >= 0.3 is 0 Å². The van der Waals surface area contributed by atoms with Gasteiger partial charge in [0.05, 0.1) is 11.8 Å². The number of amides is 2. The van der Waals surface area contributed by atoms with E-state index in [0.29, 0.717) is 35.5 Å². The number of rotatable bonds is 7. The Balaban J connectivity index is 1.42. The molecule has 2 atom stereocenters. The molecule has 4 rings (SSSR count). The maximum Gasteiger partial charge on any atom is 0.262 e. The van der Waals surface area contributed by atoms with E-state index in [-0.39, 0.29) is 30.7 Å². The van der Waals surface area contributed by atoms with Gasteiger partial charge in [0.2, 0.25) is 0 Å². The summed E-state index contributed by atoms with van der Waals surface area (Å²) in [6.07, 6.45) is -1.46. The van der Waals surface area contributed by atoms with Crippen LogP contribution >= 0.6 is 0 Å². The molecular formula is C26H33N3O6. The highest BCUT2D eigenvalue weighted by molar-refractivity contribution is 5.98. The summed E-state index contributed by atoms with van der Waals surface area (Å²) in [5, 5.41) is 37.8. The second kappa shape index (κ2) is 9.14. The summed E-state index contributed by atoms with van der Waals surface area (Å²) in [6.45, 7) is 8.06. The number of benzene rings is 2. The normalized spacial score (nSPS) is 19.9. The number of aliphatic hydroxyl groups excluding tert-OH is 2. The van der Waals surface area contributed by atoms with Crippen molar-refractivity contribution in [2.45, 2.75) is 57.4 Å². The van der Waals surface area contributed by atoms with Crippen LogP contribution in [0.4, 0.5) is 5.69 Å². The molecule has 0 aliphatic carbocycles. The van der Waals surface area contributed by atoms with Gasteiger partial charge in [-0.15, -0.1) is 0 Å². The molecule has 2 unspecified atom stereocenters. The molecule has 0 fully saturated rings. The number of aromatic hydroxyl groups is 1. The number of hydrogen-bond donors (Lipinski definition) is 5. The van der Waals surface area contributed by atoms with Gasteiger partial charge in [-0.05, 0) is 38.0 Å². The molecule has 0 aromatic heterocycles. The summed E-state index contributed by atoms with van der Waals surface area (Å²) >= 11 is 0. The molecule has 0 saturated heterocycles. The molecule has 188 valence electrons. The highest BCUT2D eigenvalue weighted by atomic mass is 16.5. The highest BCUT2D eigenvalue weighted by Gasteiger charge is 2.44. The number of phenols is 1. The van der Waals surface area contributed by atoms with Gasteiger partial charge in [-0.3, -0.25) is 9.59 Å². The monoisotopic (exact) mass is 483 g/mol. The number of nitrogens with one attached hydrogen (secondary N) is 2. The minimum atomic E-state index is -1.02.